The smallest absolute Gasteiger partial charge is 0.404 e. The molecule has 11 nitrogen and oxygen atoms in total. The number of nitrogens with two attached hydrogens (primary N) is 1. The standard InChI is InChI=1S/C22H23N5O6S2/c1-14-2-7-19(21-20(14)15(12-23)13-25-21)26-34(29,30)17-3-5-18(6-4-17)35(31,32)27-10-8-16(9-11-27)33-22(24)28/h2-7,13,16,25-26H,8-11H2,1H3,(H2,24,28). The second kappa shape index (κ2) is 9.21. The summed E-state index contributed by atoms with van der Waals surface area (Å²) < 4.78 is 60.6. The highest BCUT2D eigenvalue weighted by Crippen LogP contribution is 2.30. The lowest BCUT2D eigenvalue weighted by Gasteiger charge is -2.30. The number of aromatic nitrogens is 1. The highest BCUT2D eigenvalue weighted by atomic mass is 32.2. The molecule has 1 aliphatic heterocycles. The lowest BCUT2D eigenvalue weighted by molar-refractivity contribution is 0.0741. The third-order valence-corrected chi connectivity index (χ3v) is 9.16. The molecule has 4 N–H and O–H groups in total. The van der Waals surface area contributed by atoms with Gasteiger partial charge in [-0.2, -0.15) is 9.57 Å². The third kappa shape index (κ3) is 4.81. The van der Waals surface area contributed by atoms with Gasteiger partial charge in [0.1, 0.15) is 12.2 Å². The fourth-order valence-corrected chi connectivity index (χ4v) is 6.63. The number of benzene rings is 2. The van der Waals surface area contributed by atoms with Crippen LogP contribution in [0.1, 0.15) is 24.0 Å². The number of nitrogens with one attached hydrogen (secondary N) is 2. The first-order chi connectivity index (χ1) is 16.5. The molecule has 0 aliphatic carbocycles. The van der Waals surface area contributed by atoms with Crippen molar-refractivity contribution in [3.8, 4) is 6.07 Å². The second-order valence-corrected chi connectivity index (χ2v) is 11.7. The fourth-order valence-electron chi connectivity index (χ4n) is 4.09. The van der Waals surface area contributed by atoms with Gasteiger partial charge in [-0.15, -0.1) is 0 Å². The molecular formula is C22H23N5O6S2. The Hall–Kier alpha value is -3.60. The number of amides is 1. The van der Waals surface area contributed by atoms with Crippen molar-refractivity contribution in [1.29, 1.82) is 5.26 Å². The number of hydrogen-bond acceptors (Lipinski definition) is 7. The second-order valence-electron chi connectivity index (χ2n) is 8.11. The maximum absolute atomic E-state index is 13.0. The van der Waals surface area contributed by atoms with E-state index in [0.29, 0.717) is 29.3 Å². The van der Waals surface area contributed by atoms with Gasteiger partial charge in [0.2, 0.25) is 10.0 Å². The highest BCUT2D eigenvalue weighted by Gasteiger charge is 2.31. The average Bonchev–Trinajstić information content (AvgIpc) is 3.26. The number of aryl methyl sites for hydroxylation is 1. The lowest BCUT2D eigenvalue weighted by atomic mass is 10.1. The number of ether oxygens (including phenoxy) is 1. The first-order valence-electron chi connectivity index (χ1n) is 10.6. The van der Waals surface area contributed by atoms with Crippen molar-refractivity contribution < 1.29 is 26.4 Å². The Labute approximate surface area is 202 Å². The van der Waals surface area contributed by atoms with E-state index in [1.54, 1.807) is 12.1 Å². The van der Waals surface area contributed by atoms with Gasteiger partial charge < -0.3 is 15.5 Å². The molecule has 3 aromatic rings. The number of aromatic amines is 1. The summed E-state index contributed by atoms with van der Waals surface area (Å²) in [5.74, 6) is 0. The van der Waals surface area contributed by atoms with Crippen molar-refractivity contribution in [2.75, 3.05) is 17.8 Å². The minimum absolute atomic E-state index is 0.0496. The Kier molecular flexibility index (Phi) is 6.46. The van der Waals surface area contributed by atoms with Gasteiger partial charge in [-0.25, -0.2) is 21.6 Å². The van der Waals surface area contributed by atoms with E-state index in [9.17, 15) is 26.9 Å². The molecule has 4 rings (SSSR count). The molecule has 1 fully saturated rings. The summed E-state index contributed by atoms with van der Waals surface area (Å²) >= 11 is 0. The van der Waals surface area contributed by atoms with Crippen LogP contribution in [0.4, 0.5) is 10.5 Å². The predicted molar refractivity (Wildman–Crippen MR) is 127 cm³/mol. The Morgan fingerprint density at radius 2 is 1.74 bits per heavy atom. The average molecular weight is 518 g/mol. The van der Waals surface area contributed by atoms with Gasteiger partial charge in [0.15, 0.2) is 0 Å². The summed E-state index contributed by atoms with van der Waals surface area (Å²) in [6.45, 7) is 2.11. The zero-order valence-electron chi connectivity index (χ0n) is 18.7. The number of piperidine rings is 1. The van der Waals surface area contributed by atoms with Crippen molar-refractivity contribution in [3.05, 3.63) is 53.7 Å². The first-order valence-corrected chi connectivity index (χ1v) is 13.5. The number of carbonyl (C=O) groups excluding carboxylic acids is 1. The SMILES string of the molecule is Cc1ccc(NS(=O)(=O)c2ccc(S(=O)(=O)N3CCC(OC(N)=O)CC3)cc2)c2[nH]cc(C#N)c12. The van der Waals surface area contributed by atoms with E-state index in [0.717, 1.165) is 5.56 Å². The Morgan fingerprint density at radius 3 is 2.34 bits per heavy atom. The van der Waals surface area contributed by atoms with Crippen molar-refractivity contribution >= 4 is 42.7 Å². The molecule has 0 spiro atoms. The number of carbonyl (C=O) groups is 1. The molecular weight excluding hydrogens is 494 g/mol. The molecule has 1 saturated heterocycles. The van der Waals surface area contributed by atoms with Crippen molar-refractivity contribution in [3.63, 3.8) is 0 Å². The summed E-state index contributed by atoms with van der Waals surface area (Å²) in [4.78, 5) is 13.7. The van der Waals surface area contributed by atoms with Gasteiger partial charge in [0.25, 0.3) is 10.0 Å². The molecule has 0 unspecified atom stereocenters. The molecule has 184 valence electrons. The van der Waals surface area contributed by atoms with Crippen LogP contribution in [-0.2, 0) is 24.8 Å². The largest absolute Gasteiger partial charge is 0.446 e. The summed E-state index contributed by atoms with van der Waals surface area (Å²) in [5, 5.41) is 9.92. The highest BCUT2D eigenvalue weighted by molar-refractivity contribution is 7.92. The lowest BCUT2D eigenvalue weighted by Crippen LogP contribution is -2.41. The number of primary amides is 1. The van der Waals surface area contributed by atoms with Crippen LogP contribution in [0.5, 0.6) is 0 Å². The molecule has 0 radical (unpaired) electrons. The first kappa shape index (κ1) is 24.5. The van der Waals surface area contributed by atoms with Crippen LogP contribution in [0.25, 0.3) is 10.9 Å². The topological polar surface area (TPSA) is 175 Å². The van der Waals surface area contributed by atoms with Crippen LogP contribution < -0.4 is 10.5 Å². The normalized spacial score (nSPS) is 15.5. The van der Waals surface area contributed by atoms with Crippen molar-refractivity contribution in [1.82, 2.24) is 9.29 Å². The minimum Gasteiger partial charge on any atom is -0.446 e. The van der Waals surface area contributed by atoms with Crippen LogP contribution in [0, 0.1) is 18.3 Å². The molecule has 0 bridgehead atoms. The number of H-pyrrole nitrogens is 1. The van der Waals surface area contributed by atoms with Crippen LogP contribution in [0.15, 0.2) is 52.4 Å². The van der Waals surface area contributed by atoms with Gasteiger partial charge in [-0.05, 0) is 55.7 Å². The molecule has 1 amide bonds. The number of nitrogens with zero attached hydrogens (tertiary/aromatic N) is 2. The number of sulfonamides is 2. The quantitative estimate of drug-likeness (QED) is 0.449. The molecule has 2 heterocycles. The Bertz CT molecular complexity index is 1530. The van der Waals surface area contributed by atoms with E-state index >= 15 is 0 Å². The molecule has 0 atom stereocenters. The number of anilines is 1. The van der Waals surface area contributed by atoms with E-state index in [-0.39, 0.29) is 28.6 Å². The van der Waals surface area contributed by atoms with Crippen molar-refractivity contribution in [2.24, 2.45) is 5.73 Å². The predicted octanol–water partition coefficient (Wildman–Crippen LogP) is 2.40. The minimum atomic E-state index is -4.04. The fraction of sp³-hybridized carbons (Fsp3) is 0.273. The number of nitriles is 1. The van der Waals surface area contributed by atoms with Gasteiger partial charge in [-0.1, -0.05) is 6.07 Å². The monoisotopic (exact) mass is 517 g/mol. The molecule has 13 heteroatoms. The summed E-state index contributed by atoms with van der Waals surface area (Å²) in [6.07, 6.45) is 0.809. The Balaban J connectivity index is 1.53. The molecule has 0 saturated carbocycles. The van der Waals surface area contributed by atoms with Crippen LogP contribution in [0.2, 0.25) is 0 Å². The number of fused-ring (bicyclic) bond motifs is 1. The van der Waals surface area contributed by atoms with E-state index in [1.807, 2.05) is 6.92 Å². The molecule has 1 aliphatic rings. The molecule has 35 heavy (non-hydrogen) atoms. The van der Waals surface area contributed by atoms with E-state index in [2.05, 4.69) is 15.8 Å². The molecule has 2 aromatic carbocycles. The zero-order valence-corrected chi connectivity index (χ0v) is 20.3. The van der Waals surface area contributed by atoms with Crippen molar-refractivity contribution in [2.45, 2.75) is 35.7 Å². The number of rotatable bonds is 6. The van der Waals surface area contributed by atoms with Gasteiger partial charge in [-0.3, -0.25) is 4.72 Å². The third-order valence-electron chi connectivity index (χ3n) is 5.86. The van der Waals surface area contributed by atoms with Crippen LogP contribution in [-0.4, -0.2) is 51.4 Å². The van der Waals surface area contributed by atoms with E-state index in [4.69, 9.17) is 10.5 Å². The van der Waals surface area contributed by atoms with E-state index in [1.165, 1.54) is 34.8 Å². The van der Waals surface area contributed by atoms with Gasteiger partial charge in [0, 0.05) is 24.7 Å². The zero-order chi connectivity index (χ0) is 25.4. The van der Waals surface area contributed by atoms with Crippen LogP contribution in [0.3, 0.4) is 0 Å². The maximum atomic E-state index is 13.0. The summed E-state index contributed by atoms with van der Waals surface area (Å²) in [5.41, 5.74) is 6.98. The maximum Gasteiger partial charge on any atom is 0.404 e. The summed E-state index contributed by atoms with van der Waals surface area (Å²) in [6, 6.07) is 10.3. The van der Waals surface area contributed by atoms with Gasteiger partial charge >= 0.3 is 6.09 Å². The molecule has 1 aromatic heterocycles. The summed E-state index contributed by atoms with van der Waals surface area (Å²) in [7, 11) is -7.90. The van der Waals surface area contributed by atoms with E-state index < -0.39 is 32.2 Å². The van der Waals surface area contributed by atoms with Crippen LogP contribution >= 0.6 is 0 Å². The van der Waals surface area contributed by atoms with Gasteiger partial charge in [0.05, 0.1) is 26.6 Å². The number of hydrogen-bond donors (Lipinski definition) is 3. The Morgan fingerprint density at radius 1 is 1.11 bits per heavy atom.